The number of carbonyl (C=O) groups excluding carboxylic acids is 1. The zero-order valence-corrected chi connectivity index (χ0v) is 15.2. The number of benzene rings is 3. The number of rotatable bonds is 4. The van der Waals surface area contributed by atoms with Crippen molar-refractivity contribution in [2.75, 3.05) is 18.6 Å². The molecule has 3 nitrogen and oxygen atoms in total. The molecule has 1 amide bonds. The molecule has 0 saturated heterocycles. The number of nitrogens with zero attached hydrogens (tertiary/aromatic N) is 1. The smallest absolute Gasteiger partial charge is 0.227 e. The minimum absolute atomic E-state index is 0.00727. The van der Waals surface area contributed by atoms with Crippen molar-refractivity contribution in [2.24, 2.45) is 0 Å². The minimum Gasteiger partial charge on any atom is -0.496 e. The van der Waals surface area contributed by atoms with Gasteiger partial charge in [0.15, 0.2) is 0 Å². The summed E-state index contributed by atoms with van der Waals surface area (Å²) >= 11 is 0. The van der Waals surface area contributed by atoms with Crippen LogP contribution >= 0.6 is 0 Å². The first-order valence-corrected chi connectivity index (χ1v) is 9.19. The molecular weight excluding hydrogens is 322 g/mol. The molecule has 26 heavy (non-hydrogen) atoms. The van der Waals surface area contributed by atoms with Gasteiger partial charge in [-0.05, 0) is 34.9 Å². The second-order valence-corrected chi connectivity index (χ2v) is 6.76. The lowest BCUT2D eigenvalue weighted by Gasteiger charge is -2.35. The van der Waals surface area contributed by atoms with Gasteiger partial charge in [0.25, 0.3) is 0 Å². The molecule has 1 unspecified atom stereocenters. The molecule has 0 aromatic heterocycles. The topological polar surface area (TPSA) is 29.5 Å². The van der Waals surface area contributed by atoms with E-state index < -0.39 is 0 Å². The van der Waals surface area contributed by atoms with Crippen molar-refractivity contribution in [3.05, 3.63) is 71.8 Å². The lowest BCUT2D eigenvalue weighted by atomic mass is 9.81. The van der Waals surface area contributed by atoms with Crippen LogP contribution in [-0.4, -0.2) is 19.6 Å². The average Bonchev–Trinajstić information content (AvgIpc) is 2.69. The van der Waals surface area contributed by atoms with Crippen molar-refractivity contribution in [1.29, 1.82) is 0 Å². The largest absolute Gasteiger partial charge is 0.496 e. The fourth-order valence-electron chi connectivity index (χ4n) is 4.10. The molecule has 0 spiro atoms. The van der Waals surface area contributed by atoms with Gasteiger partial charge >= 0.3 is 0 Å². The van der Waals surface area contributed by atoms with Crippen LogP contribution in [0, 0.1) is 0 Å². The summed E-state index contributed by atoms with van der Waals surface area (Å²) in [4.78, 5) is 14.9. The van der Waals surface area contributed by atoms with Crippen LogP contribution < -0.4 is 9.64 Å². The maximum atomic E-state index is 13.0. The molecule has 4 rings (SSSR count). The number of para-hydroxylation sites is 1. The summed E-state index contributed by atoms with van der Waals surface area (Å²) in [6.07, 6.45) is 1.42. The molecule has 3 aromatic carbocycles. The van der Waals surface area contributed by atoms with Crippen molar-refractivity contribution in [1.82, 2.24) is 0 Å². The van der Waals surface area contributed by atoms with Gasteiger partial charge in [0.1, 0.15) is 5.75 Å². The lowest BCUT2D eigenvalue weighted by Crippen LogP contribution is -2.37. The first kappa shape index (κ1) is 16.6. The maximum absolute atomic E-state index is 13.0. The fourth-order valence-corrected chi connectivity index (χ4v) is 4.10. The molecule has 132 valence electrons. The number of anilines is 1. The van der Waals surface area contributed by atoms with Crippen molar-refractivity contribution >= 4 is 22.4 Å². The average molecular weight is 345 g/mol. The summed E-state index contributed by atoms with van der Waals surface area (Å²) in [7, 11) is 1.69. The Morgan fingerprint density at radius 2 is 1.81 bits per heavy atom. The predicted molar refractivity (Wildman–Crippen MR) is 106 cm³/mol. The summed E-state index contributed by atoms with van der Waals surface area (Å²) in [6, 6.07) is 20.7. The summed E-state index contributed by atoms with van der Waals surface area (Å²) in [5.74, 6) is 1.03. The van der Waals surface area contributed by atoms with Crippen LogP contribution in [0.2, 0.25) is 0 Å². The number of carbonyl (C=O) groups is 1. The SMILES string of the molecule is CCCN1C(=O)CC(c2ccccc2OC)c2c1ccc1ccccc21. The predicted octanol–water partition coefficient (Wildman–Crippen LogP) is 5.13. The Kier molecular flexibility index (Phi) is 4.37. The molecule has 0 saturated carbocycles. The van der Waals surface area contributed by atoms with E-state index in [1.165, 1.54) is 16.3 Å². The van der Waals surface area contributed by atoms with Gasteiger partial charge in [-0.25, -0.2) is 0 Å². The minimum atomic E-state index is 0.00727. The molecule has 1 atom stereocenters. The van der Waals surface area contributed by atoms with Gasteiger partial charge in [0.2, 0.25) is 5.91 Å². The third kappa shape index (κ3) is 2.64. The van der Waals surface area contributed by atoms with E-state index in [1.807, 2.05) is 23.1 Å². The van der Waals surface area contributed by atoms with Crippen LogP contribution in [0.5, 0.6) is 5.75 Å². The third-order valence-electron chi connectivity index (χ3n) is 5.23. The van der Waals surface area contributed by atoms with E-state index in [0.29, 0.717) is 6.42 Å². The quantitative estimate of drug-likeness (QED) is 0.656. The fraction of sp³-hybridized carbons (Fsp3) is 0.261. The van der Waals surface area contributed by atoms with E-state index >= 15 is 0 Å². The van der Waals surface area contributed by atoms with E-state index in [0.717, 1.165) is 30.0 Å². The first-order valence-electron chi connectivity index (χ1n) is 9.19. The van der Waals surface area contributed by atoms with Crippen molar-refractivity contribution in [2.45, 2.75) is 25.7 Å². The first-order chi connectivity index (χ1) is 12.7. The van der Waals surface area contributed by atoms with Gasteiger partial charge in [-0.1, -0.05) is 55.5 Å². The zero-order chi connectivity index (χ0) is 18.1. The highest BCUT2D eigenvalue weighted by Crippen LogP contribution is 2.46. The van der Waals surface area contributed by atoms with Crippen molar-refractivity contribution < 1.29 is 9.53 Å². The van der Waals surface area contributed by atoms with Crippen molar-refractivity contribution in [3.8, 4) is 5.75 Å². The summed E-state index contributed by atoms with van der Waals surface area (Å²) in [6.45, 7) is 2.86. The number of methoxy groups -OCH3 is 1. The molecule has 0 radical (unpaired) electrons. The summed E-state index contributed by atoms with van der Waals surface area (Å²) < 4.78 is 5.61. The summed E-state index contributed by atoms with van der Waals surface area (Å²) in [5.41, 5.74) is 3.36. The number of fused-ring (bicyclic) bond motifs is 3. The molecule has 0 N–H and O–H groups in total. The van der Waals surface area contributed by atoms with E-state index in [4.69, 9.17) is 4.74 Å². The Hall–Kier alpha value is -2.81. The van der Waals surface area contributed by atoms with Gasteiger partial charge in [-0.2, -0.15) is 0 Å². The lowest BCUT2D eigenvalue weighted by molar-refractivity contribution is -0.119. The molecule has 1 aliphatic rings. The zero-order valence-electron chi connectivity index (χ0n) is 15.2. The van der Waals surface area contributed by atoms with E-state index in [1.54, 1.807) is 7.11 Å². The van der Waals surface area contributed by atoms with Crippen LogP contribution in [0.25, 0.3) is 10.8 Å². The van der Waals surface area contributed by atoms with Gasteiger partial charge < -0.3 is 9.64 Å². The Morgan fingerprint density at radius 1 is 1.04 bits per heavy atom. The van der Waals surface area contributed by atoms with Gasteiger partial charge in [-0.3, -0.25) is 4.79 Å². The number of hydrogen-bond acceptors (Lipinski definition) is 2. The Balaban J connectivity index is 1.99. The van der Waals surface area contributed by atoms with E-state index in [-0.39, 0.29) is 11.8 Å². The van der Waals surface area contributed by atoms with Crippen LogP contribution in [0.3, 0.4) is 0 Å². The molecule has 1 heterocycles. The Morgan fingerprint density at radius 3 is 2.62 bits per heavy atom. The van der Waals surface area contributed by atoms with Crippen LogP contribution in [0.15, 0.2) is 60.7 Å². The Bertz CT molecular complexity index is 963. The van der Waals surface area contributed by atoms with E-state index in [9.17, 15) is 4.79 Å². The van der Waals surface area contributed by atoms with Crippen molar-refractivity contribution in [3.63, 3.8) is 0 Å². The molecule has 0 aliphatic carbocycles. The normalized spacial score (nSPS) is 16.6. The molecule has 0 bridgehead atoms. The highest BCUT2D eigenvalue weighted by atomic mass is 16.5. The molecule has 3 heteroatoms. The third-order valence-corrected chi connectivity index (χ3v) is 5.23. The maximum Gasteiger partial charge on any atom is 0.227 e. The second-order valence-electron chi connectivity index (χ2n) is 6.76. The molecule has 0 fully saturated rings. The van der Waals surface area contributed by atoms with E-state index in [2.05, 4.69) is 49.4 Å². The van der Waals surface area contributed by atoms with Gasteiger partial charge in [0, 0.05) is 30.1 Å². The van der Waals surface area contributed by atoms with Gasteiger partial charge in [0.05, 0.1) is 7.11 Å². The van der Waals surface area contributed by atoms with Crippen LogP contribution in [0.4, 0.5) is 5.69 Å². The van der Waals surface area contributed by atoms with Gasteiger partial charge in [-0.15, -0.1) is 0 Å². The number of ether oxygens (including phenoxy) is 1. The number of hydrogen-bond donors (Lipinski definition) is 0. The molecular formula is C23H23NO2. The molecule has 1 aliphatic heterocycles. The monoisotopic (exact) mass is 345 g/mol. The summed E-state index contributed by atoms with van der Waals surface area (Å²) in [5, 5.41) is 2.42. The highest BCUT2D eigenvalue weighted by Gasteiger charge is 2.34. The van der Waals surface area contributed by atoms with Crippen LogP contribution in [0.1, 0.15) is 36.8 Å². The number of amides is 1. The molecule has 3 aromatic rings. The standard InChI is InChI=1S/C23H23NO2/c1-3-14-24-20-13-12-16-8-4-5-9-17(16)23(20)19(15-22(24)25)18-10-6-7-11-21(18)26-2/h4-13,19H,3,14-15H2,1-2H3. The van der Waals surface area contributed by atoms with Crippen LogP contribution in [-0.2, 0) is 4.79 Å². The highest BCUT2D eigenvalue weighted by molar-refractivity contribution is 6.03. The Labute approximate surface area is 154 Å². The second kappa shape index (κ2) is 6.83.